The third-order valence-electron chi connectivity index (χ3n) is 1.26. The van der Waals surface area contributed by atoms with E-state index in [0.717, 1.165) is 6.07 Å². The van der Waals surface area contributed by atoms with Gasteiger partial charge in [-0.1, -0.05) is 0 Å². The highest BCUT2D eigenvalue weighted by atomic mass is 79.9. The largest absolute Gasteiger partial charge is 0.507 e. The lowest BCUT2D eigenvalue weighted by Crippen LogP contribution is -1.92. The summed E-state index contributed by atoms with van der Waals surface area (Å²) in [5.41, 5.74) is 0. The second-order valence-electron chi connectivity index (χ2n) is 2.18. The van der Waals surface area contributed by atoms with Crippen LogP contribution in [-0.4, -0.2) is 13.5 Å². The topological polar surface area (TPSA) is 54.4 Å². The van der Waals surface area contributed by atoms with Crippen molar-refractivity contribution >= 4 is 35.7 Å². The summed E-state index contributed by atoms with van der Waals surface area (Å²) in [4.78, 5) is -0.479. The molecule has 0 unspecified atom stereocenters. The molecule has 0 aliphatic rings. The number of hydrogen-bond acceptors (Lipinski definition) is 3. The molecular weight excluding hydrogens is 286 g/mol. The molecule has 0 heterocycles. The van der Waals surface area contributed by atoms with Gasteiger partial charge in [-0.25, -0.2) is 12.8 Å². The van der Waals surface area contributed by atoms with Crippen molar-refractivity contribution in [2.45, 2.75) is 4.90 Å². The van der Waals surface area contributed by atoms with E-state index in [9.17, 15) is 12.8 Å². The number of benzene rings is 1. The Hall–Kier alpha value is -0.330. The normalized spacial score (nSPS) is 11.6. The fraction of sp³-hybridized carbons (Fsp3) is 0. The van der Waals surface area contributed by atoms with Gasteiger partial charge < -0.3 is 5.11 Å². The second-order valence-corrected chi connectivity index (χ2v) is 5.53. The van der Waals surface area contributed by atoms with Crippen LogP contribution in [0.3, 0.4) is 0 Å². The van der Waals surface area contributed by atoms with Gasteiger partial charge in [-0.3, -0.25) is 0 Å². The molecule has 72 valence electrons. The van der Waals surface area contributed by atoms with E-state index in [1.165, 1.54) is 0 Å². The van der Waals surface area contributed by atoms with Crippen LogP contribution in [0.4, 0.5) is 4.39 Å². The van der Waals surface area contributed by atoms with Gasteiger partial charge in [0.1, 0.15) is 11.6 Å². The van der Waals surface area contributed by atoms with E-state index in [-0.39, 0.29) is 4.47 Å². The van der Waals surface area contributed by atoms with Gasteiger partial charge in [0.05, 0.1) is 9.37 Å². The molecule has 0 aliphatic carbocycles. The van der Waals surface area contributed by atoms with Crippen molar-refractivity contribution in [2.75, 3.05) is 0 Å². The van der Waals surface area contributed by atoms with Crippen molar-refractivity contribution < 1.29 is 17.9 Å². The maximum Gasteiger partial charge on any atom is 0.261 e. The minimum Gasteiger partial charge on any atom is -0.507 e. The highest BCUT2D eigenvalue weighted by molar-refractivity contribution is 9.10. The van der Waals surface area contributed by atoms with Crippen LogP contribution in [-0.2, 0) is 9.05 Å². The van der Waals surface area contributed by atoms with E-state index in [2.05, 4.69) is 15.9 Å². The highest BCUT2D eigenvalue weighted by Gasteiger charge is 2.15. The summed E-state index contributed by atoms with van der Waals surface area (Å²) in [6.45, 7) is 0. The summed E-state index contributed by atoms with van der Waals surface area (Å²) in [7, 11) is 0.921. The van der Waals surface area contributed by atoms with Gasteiger partial charge in [0, 0.05) is 16.7 Å². The third-order valence-corrected chi connectivity index (χ3v) is 3.38. The molecule has 3 nitrogen and oxygen atoms in total. The zero-order chi connectivity index (χ0) is 10.2. The van der Waals surface area contributed by atoms with Gasteiger partial charge in [-0.15, -0.1) is 0 Å². The van der Waals surface area contributed by atoms with Gasteiger partial charge in [0.15, 0.2) is 0 Å². The van der Waals surface area contributed by atoms with Gasteiger partial charge in [-0.05, 0) is 22.0 Å². The summed E-state index contributed by atoms with van der Waals surface area (Å²) < 4.78 is 34.1. The van der Waals surface area contributed by atoms with Crippen molar-refractivity contribution in [2.24, 2.45) is 0 Å². The lowest BCUT2D eigenvalue weighted by molar-refractivity contribution is 0.461. The Kier molecular flexibility index (Phi) is 2.84. The summed E-state index contributed by atoms with van der Waals surface area (Å²) in [6.07, 6.45) is 0. The summed E-state index contributed by atoms with van der Waals surface area (Å²) in [5.74, 6) is -1.40. The van der Waals surface area contributed by atoms with Crippen LogP contribution in [0.25, 0.3) is 0 Å². The number of phenolic OH excluding ortho intramolecular Hbond substituents is 1. The summed E-state index contributed by atoms with van der Waals surface area (Å²) in [6, 6.07) is 1.57. The van der Waals surface area contributed by atoms with Crippen LogP contribution < -0.4 is 0 Å². The molecule has 7 heteroatoms. The number of phenols is 1. The molecule has 1 aromatic carbocycles. The Morgan fingerprint density at radius 1 is 1.46 bits per heavy atom. The average Bonchev–Trinajstić information content (AvgIpc) is 1.97. The van der Waals surface area contributed by atoms with Crippen molar-refractivity contribution in [1.29, 1.82) is 0 Å². The molecule has 1 rings (SSSR count). The molecule has 1 N–H and O–H groups in total. The Balaban J connectivity index is 3.47. The zero-order valence-electron chi connectivity index (χ0n) is 5.96. The van der Waals surface area contributed by atoms with Gasteiger partial charge in [-0.2, -0.15) is 0 Å². The molecule has 13 heavy (non-hydrogen) atoms. The van der Waals surface area contributed by atoms with E-state index < -0.39 is 25.5 Å². The van der Waals surface area contributed by atoms with E-state index in [4.69, 9.17) is 15.8 Å². The molecule has 0 radical (unpaired) electrons. The molecule has 0 bridgehead atoms. The molecule has 0 aliphatic heterocycles. The predicted octanol–water partition coefficient (Wildman–Crippen LogP) is 2.22. The van der Waals surface area contributed by atoms with Crippen molar-refractivity contribution in [1.82, 2.24) is 0 Å². The Morgan fingerprint density at radius 2 is 2.00 bits per heavy atom. The van der Waals surface area contributed by atoms with Crippen LogP contribution in [0, 0.1) is 5.82 Å². The lowest BCUT2D eigenvalue weighted by Gasteiger charge is -2.01. The number of halogens is 3. The molecule has 1 aromatic rings. The molecule has 0 amide bonds. The fourth-order valence-corrected chi connectivity index (χ4v) is 1.68. The maximum atomic E-state index is 12.8. The van der Waals surface area contributed by atoms with Crippen LogP contribution >= 0.6 is 26.6 Å². The Labute approximate surface area is 86.7 Å². The van der Waals surface area contributed by atoms with E-state index in [0.29, 0.717) is 6.07 Å². The molecule has 0 fully saturated rings. The van der Waals surface area contributed by atoms with Crippen LogP contribution in [0.15, 0.2) is 21.5 Å². The van der Waals surface area contributed by atoms with E-state index in [1.807, 2.05) is 0 Å². The smallest absolute Gasteiger partial charge is 0.261 e. The van der Waals surface area contributed by atoms with E-state index >= 15 is 0 Å². The van der Waals surface area contributed by atoms with Gasteiger partial charge in [0.25, 0.3) is 9.05 Å². The maximum absolute atomic E-state index is 12.8. The summed E-state index contributed by atoms with van der Waals surface area (Å²) >= 11 is 2.72. The molecule has 0 saturated heterocycles. The SMILES string of the molecule is O=S(=O)(Cl)c1cc(O)c(Br)c(F)c1. The monoisotopic (exact) mass is 288 g/mol. The van der Waals surface area contributed by atoms with Crippen molar-refractivity contribution in [3.05, 3.63) is 22.4 Å². The number of aromatic hydroxyl groups is 1. The van der Waals surface area contributed by atoms with Gasteiger partial charge >= 0.3 is 0 Å². The number of rotatable bonds is 1. The van der Waals surface area contributed by atoms with Crippen LogP contribution in [0.2, 0.25) is 0 Å². The van der Waals surface area contributed by atoms with Crippen LogP contribution in [0.5, 0.6) is 5.75 Å². The van der Waals surface area contributed by atoms with Crippen LogP contribution in [0.1, 0.15) is 0 Å². The molecule has 0 spiro atoms. The van der Waals surface area contributed by atoms with Crippen molar-refractivity contribution in [3.63, 3.8) is 0 Å². The first kappa shape index (κ1) is 10.7. The molecule has 0 aromatic heterocycles. The predicted molar refractivity (Wildman–Crippen MR) is 48.8 cm³/mol. The summed E-state index contributed by atoms with van der Waals surface area (Å²) in [5, 5.41) is 9.03. The Bertz CT molecular complexity index is 422. The first-order chi connectivity index (χ1) is 5.82. The third kappa shape index (κ3) is 2.32. The number of hydrogen-bond donors (Lipinski definition) is 1. The molecular formula is C6H3BrClFO3S. The quantitative estimate of drug-likeness (QED) is 0.807. The van der Waals surface area contributed by atoms with E-state index in [1.54, 1.807) is 0 Å². The highest BCUT2D eigenvalue weighted by Crippen LogP contribution is 2.30. The second kappa shape index (κ2) is 3.43. The van der Waals surface area contributed by atoms with Crippen molar-refractivity contribution in [3.8, 4) is 5.75 Å². The first-order valence-corrected chi connectivity index (χ1v) is 6.05. The minimum absolute atomic E-state index is 0.198. The minimum atomic E-state index is -4.01. The fourth-order valence-electron chi connectivity index (χ4n) is 0.691. The standard InChI is InChI=1S/C6H3BrClFO3S/c7-6-4(9)1-3(2-5(6)10)13(8,11)12/h1-2,10H. The van der Waals surface area contributed by atoms with Gasteiger partial charge in [0.2, 0.25) is 0 Å². The first-order valence-electron chi connectivity index (χ1n) is 2.95. The molecule has 0 saturated carbocycles. The lowest BCUT2D eigenvalue weighted by atomic mass is 10.3. The average molecular weight is 290 g/mol. The Morgan fingerprint density at radius 3 is 2.38 bits per heavy atom. The zero-order valence-corrected chi connectivity index (χ0v) is 9.12. The molecule has 0 atom stereocenters.